The number of hydrogen-bond donors (Lipinski definition) is 2. The van der Waals surface area contributed by atoms with Crippen LogP contribution >= 0.6 is 11.3 Å². The second kappa shape index (κ2) is 7.68. The van der Waals surface area contributed by atoms with E-state index in [-0.39, 0.29) is 11.8 Å². The Hall–Kier alpha value is -2.02. The van der Waals surface area contributed by atoms with Crippen molar-refractivity contribution in [3.63, 3.8) is 0 Å². The number of hydrogen-bond acceptors (Lipinski definition) is 6. The molecule has 0 saturated heterocycles. The van der Waals surface area contributed by atoms with Crippen LogP contribution < -0.4 is 10.6 Å². The molecule has 2 heterocycles. The van der Waals surface area contributed by atoms with Crippen LogP contribution in [-0.4, -0.2) is 34.2 Å². The van der Waals surface area contributed by atoms with Crippen molar-refractivity contribution in [2.45, 2.75) is 26.2 Å². The quantitative estimate of drug-likeness (QED) is 0.820. The summed E-state index contributed by atoms with van der Waals surface area (Å²) in [6.07, 6.45) is 2.78. The Balaban J connectivity index is 1.85. The molecule has 7 heteroatoms. The van der Waals surface area contributed by atoms with Crippen LogP contribution in [-0.2, 0) is 0 Å². The van der Waals surface area contributed by atoms with E-state index in [0.717, 1.165) is 18.0 Å². The third kappa shape index (κ3) is 4.49. The number of thiazole rings is 1. The number of anilines is 1. The van der Waals surface area contributed by atoms with E-state index in [0.29, 0.717) is 18.1 Å². The third-order valence-corrected chi connectivity index (χ3v) is 3.90. The summed E-state index contributed by atoms with van der Waals surface area (Å²) in [6, 6.07) is 3.44. The summed E-state index contributed by atoms with van der Waals surface area (Å²) in [5.74, 6) is 0.657. The van der Waals surface area contributed by atoms with Gasteiger partial charge >= 0.3 is 0 Å². The fourth-order valence-electron chi connectivity index (χ4n) is 1.70. The zero-order valence-corrected chi connectivity index (χ0v) is 13.0. The van der Waals surface area contributed by atoms with E-state index >= 15 is 0 Å². The van der Waals surface area contributed by atoms with Gasteiger partial charge in [-0.15, -0.1) is 21.5 Å². The molecule has 2 aromatic heterocycles. The number of amides is 1. The molecule has 0 bridgehead atoms. The van der Waals surface area contributed by atoms with E-state index in [4.69, 9.17) is 0 Å². The van der Waals surface area contributed by atoms with Gasteiger partial charge in [-0.1, -0.05) is 13.8 Å². The molecule has 0 aliphatic rings. The Labute approximate surface area is 128 Å². The summed E-state index contributed by atoms with van der Waals surface area (Å²) in [5, 5.41) is 16.8. The molecule has 0 saturated carbocycles. The van der Waals surface area contributed by atoms with Crippen LogP contribution in [0.4, 0.5) is 5.82 Å². The Kier molecular flexibility index (Phi) is 5.62. The van der Waals surface area contributed by atoms with Gasteiger partial charge in [0.05, 0.1) is 5.01 Å². The number of rotatable bonds is 7. The number of nitrogens with one attached hydrogen (secondary N) is 2. The van der Waals surface area contributed by atoms with E-state index in [1.165, 1.54) is 0 Å². The molecular weight excluding hydrogens is 286 g/mol. The fourth-order valence-corrected chi connectivity index (χ4v) is 2.40. The van der Waals surface area contributed by atoms with Gasteiger partial charge in [0.25, 0.3) is 5.91 Å². The first kappa shape index (κ1) is 15.4. The molecule has 0 radical (unpaired) electrons. The van der Waals surface area contributed by atoms with Crippen molar-refractivity contribution < 1.29 is 4.79 Å². The molecule has 21 heavy (non-hydrogen) atoms. The van der Waals surface area contributed by atoms with Crippen LogP contribution in [0.1, 0.15) is 41.7 Å². The molecule has 112 valence electrons. The number of aromatic nitrogens is 3. The molecule has 0 aliphatic heterocycles. The average molecular weight is 305 g/mol. The first-order chi connectivity index (χ1) is 10.2. The summed E-state index contributed by atoms with van der Waals surface area (Å²) in [7, 11) is 0. The number of carbonyl (C=O) groups is 1. The lowest BCUT2D eigenvalue weighted by Crippen LogP contribution is -2.28. The molecule has 2 N–H and O–H groups in total. The van der Waals surface area contributed by atoms with Crippen LogP contribution in [0.3, 0.4) is 0 Å². The predicted molar refractivity (Wildman–Crippen MR) is 83.7 cm³/mol. The SMILES string of the molecule is CCCNc1ccc(C(=O)NCC(C)c2nccs2)nn1. The molecule has 2 rings (SSSR count). The zero-order valence-electron chi connectivity index (χ0n) is 12.2. The molecule has 0 aliphatic carbocycles. The van der Waals surface area contributed by atoms with Gasteiger partial charge in [-0.3, -0.25) is 4.79 Å². The van der Waals surface area contributed by atoms with E-state index < -0.39 is 0 Å². The van der Waals surface area contributed by atoms with E-state index in [9.17, 15) is 4.79 Å². The van der Waals surface area contributed by atoms with Gasteiger partial charge in [-0.2, -0.15) is 0 Å². The van der Waals surface area contributed by atoms with Gasteiger partial charge in [-0.05, 0) is 18.6 Å². The molecule has 1 unspecified atom stereocenters. The molecule has 0 spiro atoms. The van der Waals surface area contributed by atoms with Crippen molar-refractivity contribution in [3.8, 4) is 0 Å². The second-order valence-corrected chi connectivity index (χ2v) is 5.64. The molecule has 0 fully saturated rings. The van der Waals surface area contributed by atoms with Gasteiger partial charge in [0.15, 0.2) is 5.69 Å². The standard InChI is InChI=1S/C14H19N5OS/c1-3-6-15-12-5-4-11(18-19-12)13(20)17-9-10(2)14-16-7-8-21-14/h4-5,7-8,10H,3,6,9H2,1-2H3,(H,15,19)(H,17,20). The highest BCUT2D eigenvalue weighted by Gasteiger charge is 2.12. The van der Waals surface area contributed by atoms with Gasteiger partial charge in [0.2, 0.25) is 0 Å². The Morgan fingerprint density at radius 2 is 2.24 bits per heavy atom. The first-order valence-electron chi connectivity index (χ1n) is 6.96. The highest BCUT2D eigenvalue weighted by molar-refractivity contribution is 7.09. The normalized spacial score (nSPS) is 11.9. The minimum atomic E-state index is -0.215. The first-order valence-corrected chi connectivity index (χ1v) is 7.84. The van der Waals surface area contributed by atoms with Gasteiger partial charge in [0.1, 0.15) is 5.82 Å². The summed E-state index contributed by atoms with van der Waals surface area (Å²) in [6.45, 7) is 5.48. The highest BCUT2D eigenvalue weighted by atomic mass is 32.1. The minimum absolute atomic E-state index is 0.187. The lowest BCUT2D eigenvalue weighted by molar-refractivity contribution is 0.0945. The molecule has 1 amide bonds. The lowest BCUT2D eigenvalue weighted by atomic mass is 10.2. The van der Waals surface area contributed by atoms with Crippen LogP contribution in [0.2, 0.25) is 0 Å². The Morgan fingerprint density at radius 1 is 1.38 bits per heavy atom. The number of carbonyl (C=O) groups excluding carboxylic acids is 1. The van der Waals surface area contributed by atoms with Crippen LogP contribution in [0.15, 0.2) is 23.7 Å². The molecular formula is C14H19N5OS. The topological polar surface area (TPSA) is 79.8 Å². The van der Waals surface area contributed by atoms with Crippen LogP contribution in [0.5, 0.6) is 0 Å². The molecule has 1 atom stereocenters. The fraction of sp³-hybridized carbons (Fsp3) is 0.429. The minimum Gasteiger partial charge on any atom is -0.369 e. The zero-order chi connectivity index (χ0) is 15.1. The summed E-state index contributed by atoms with van der Waals surface area (Å²) < 4.78 is 0. The van der Waals surface area contributed by atoms with Crippen LogP contribution in [0, 0.1) is 0 Å². The predicted octanol–water partition coefficient (Wildman–Crippen LogP) is 2.29. The van der Waals surface area contributed by atoms with Crippen molar-refractivity contribution in [2.24, 2.45) is 0 Å². The van der Waals surface area contributed by atoms with E-state index in [1.54, 1.807) is 29.7 Å². The average Bonchev–Trinajstić information content (AvgIpc) is 3.05. The lowest BCUT2D eigenvalue weighted by Gasteiger charge is -2.09. The van der Waals surface area contributed by atoms with E-state index in [2.05, 4.69) is 32.7 Å². The highest BCUT2D eigenvalue weighted by Crippen LogP contribution is 2.16. The molecule has 0 aromatic carbocycles. The maximum absolute atomic E-state index is 12.0. The van der Waals surface area contributed by atoms with Crippen molar-refractivity contribution in [1.82, 2.24) is 20.5 Å². The van der Waals surface area contributed by atoms with E-state index in [1.807, 2.05) is 12.3 Å². The van der Waals surface area contributed by atoms with Gasteiger partial charge in [0, 0.05) is 30.6 Å². The van der Waals surface area contributed by atoms with Crippen molar-refractivity contribution in [3.05, 3.63) is 34.4 Å². The van der Waals surface area contributed by atoms with Crippen molar-refractivity contribution in [1.29, 1.82) is 0 Å². The largest absolute Gasteiger partial charge is 0.369 e. The number of nitrogens with zero attached hydrogens (tertiary/aromatic N) is 3. The molecule has 2 aromatic rings. The molecule has 6 nitrogen and oxygen atoms in total. The summed E-state index contributed by atoms with van der Waals surface area (Å²) >= 11 is 1.59. The summed E-state index contributed by atoms with van der Waals surface area (Å²) in [5.41, 5.74) is 0.323. The van der Waals surface area contributed by atoms with Crippen LogP contribution in [0.25, 0.3) is 0 Å². The van der Waals surface area contributed by atoms with Crippen molar-refractivity contribution in [2.75, 3.05) is 18.4 Å². The Bertz CT molecular complexity index is 555. The monoisotopic (exact) mass is 305 g/mol. The third-order valence-electron chi connectivity index (χ3n) is 2.90. The van der Waals surface area contributed by atoms with Gasteiger partial charge < -0.3 is 10.6 Å². The Morgan fingerprint density at radius 3 is 2.86 bits per heavy atom. The van der Waals surface area contributed by atoms with Crippen molar-refractivity contribution >= 4 is 23.1 Å². The maximum atomic E-state index is 12.0. The smallest absolute Gasteiger partial charge is 0.271 e. The maximum Gasteiger partial charge on any atom is 0.271 e. The second-order valence-electron chi connectivity index (χ2n) is 4.71. The van der Waals surface area contributed by atoms with Gasteiger partial charge in [-0.25, -0.2) is 4.98 Å². The summed E-state index contributed by atoms with van der Waals surface area (Å²) in [4.78, 5) is 16.2.